The van der Waals surface area contributed by atoms with Crippen molar-refractivity contribution in [3.63, 3.8) is 0 Å². The number of benzene rings is 1. The Morgan fingerprint density at radius 2 is 2.05 bits per heavy atom. The van der Waals surface area contributed by atoms with Gasteiger partial charge in [0.1, 0.15) is 0 Å². The third kappa shape index (κ3) is 3.87. The molecule has 0 fully saturated rings. The van der Waals surface area contributed by atoms with Gasteiger partial charge in [-0.05, 0) is 31.0 Å². The van der Waals surface area contributed by atoms with E-state index in [4.69, 9.17) is 15.7 Å². The zero-order valence-electron chi connectivity index (χ0n) is 12.0. The smallest absolute Gasteiger partial charge is 0.0992 e. The van der Waals surface area contributed by atoms with Crippen molar-refractivity contribution in [2.75, 3.05) is 30.9 Å². The van der Waals surface area contributed by atoms with Crippen molar-refractivity contribution in [2.24, 2.45) is 0 Å². The van der Waals surface area contributed by atoms with Crippen LogP contribution in [0.15, 0.2) is 18.2 Å². The Balaban J connectivity index is 3.06. The lowest BCUT2D eigenvalue weighted by Crippen LogP contribution is -2.37. The molecular formula is C15H23N3O. The van der Waals surface area contributed by atoms with Gasteiger partial charge in [-0.15, -0.1) is 0 Å². The zero-order valence-corrected chi connectivity index (χ0v) is 12.0. The van der Waals surface area contributed by atoms with Gasteiger partial charge >= 0.3 is 0 Å². The van der Waals surface area contributed by atoms with Gasteiger partial charge in [-0.2, -0.15) is 5.26 Å². The second-order valence-electron chi connectivity index (χ2n) is 4.54. The van der Waals surface area contributed by atoms with Crippen LogP contribution in [-0.2, 0) is 4.74 Å². The summed E-state index contributed by atoms with van der Waals surface area (Å²) in [5, 5.41) is 8.90. The molecule has 0 spiro atoms. The molecule has 0 saturated carbocycles. The fourth-order valence-corrected chi connectivity index (χ4v) is 2.30. The lowest BCUT2D eigenvalue weighted by Gasteiger charge is -2.33. The quantitative estimate of drug-likeness (QED) is 0.767. The first kappa shape index (κ1) is 15.3. The molecule has 1 aromatic carbocycles. The summed E-state index contributed by atoms with van der Waals surface area (Å²) in [6.45, 7) is 5.82. The predicted molar refractivity (Wildman–Crippen MR) is 79.2 cm³/mol. The average Bonchev–Trinajstić information content (AvgIpc) is 2.44. The van der Waals surface area contributed by atoms with Gasteiger partial charge in [-0.1, -0.05) is 13.8 Å². The van der Waals surface area contributed by atoms with Crippen LogP contribution in [0.25, 0.3) is 0 Å². The number of hydrogen-bond acceptors (Lipinski definition) is 4. The van der Waals surface area contributed by atoms with Gasteiger partial charge in [0.05, 0.1) is 29.6 Å². The van der Waals surface area contributed by atoms with Crippen molar-refractivity contribution >= 4 is 11.4 Å². The molecule has 0 aromatic heterocycles. The van der Waals surface area contributed by atoms with Gasteiger partial charge in [-0.25, -0.2) is 0 Å². The first-order chi connectivity index (χ1) is 9.17. The Kier molecular flexibility index (Phi) is 6.17. The topological polar surface area (TPSA) is 62.3 Å². The molecule has 4 heteroatoms. The predicted octanol–water partition coefficient (Wildman–Crippen LogP) is 2.78. The van der Waals surface area contributed by atoms with Gasteiger partial charge in [0.25, 0.3) is 0 Å². The maximum Gasteiger partial charge on any atom is 0.0992 e. The number of hydrogen-bond donors (Lipinski definition) is 1. The summed E-state index contributed by atoms with van der Waals surface area (Å²) in [5.74, 6) is 0. The molecule has 0 unspecified atom stereocenters. The molecule has 0 heterocycles. The summed E-state index contributed by atoms with van der Waals surface area (Å²) in [7, 11) is 1.70. The van der Waals surface area contributed by atoms with Crippen LogP contribution in [0.3, 0.4) is 0 Å². The summed E-state index contributed by atoms with van der Waals surface area (Å²) >= 11 is 0. The second kappa shape index (κ2) is 7.65. The van der Waals surface area contributed by atoms with E-state index in [0.717, 1.165) is 25.1 Å². The molecule has 0 aliphatic carbocycles. The fourth-order valence-electron chi connectivity index (χ4n) is 2.30. The highest BCUT2D eigenvalue weighted by Gasteiger charge is 2.17. The number of nitrogen functional groups attached to an aromatic ring is 1. The van der Waals surface area contributed by atoms with Crippen LogP contribution in [-0.4, -0.2) is 26.3 Å². The SMILES string of the molecule is CCC(CC)N(CCOC)c1ccc(C#N)cc1N. The van der Waals surface area contributed by atoms with Crippen LogP contribution in [0.1, 0.15) is 32.3 Å². The maximum absolute atomic E-state index is 8.90. The zero-order chi connectivity index (χ0) is 14.3. The van der Waals surface area contributed by atoms with Crippen LogP contribution >= 0.6 is 0 Å². The first-order valence-corrected chi connectivity index (χ1v) is 6.73. The fraction of sp³-hybridized carbons (Fsp3) is 0.533. The number of anilines is 2. The molecule has 0 bridgehead atoms. The van der Waals surface area contributed by atoms with Crippen molar-refractivity contribution in [2.45, 2.75) is 32.7 Å². The van der Waals surface area contributed by atoms with Crippen LogP contribution in [0.4, 0.5) is 11.4 Å². The average molecular weight is 261 g/mol. The highest BCUT2D eigenvalue weighted by atomic mass is 16.5. The Bertz CT molecular complexity index is 436. The van der Waals surface area contributed by atoms with Gasteiger partial charge in [0.2, 0.25) is 0 Å². The molecule has 19 heavy (non-hydrogen) atoms. The molecule has 1 aromatic rings. The van der Waals surface area contributed by atoms with Crippen LogP contribution in [0.2, 0.25) is 0 Å². The Labute approximate surface area is 115 Å². The second-order valence-corrected chi connectivity index (χ2v) is 4.54. The van der Waals surface area contributed by atoms with Gasteiger partial charge in [-0.3, -0.25) is 0 Å². The summed E-state index contributed by atoms with van der Waals surface area (Å²) in [6, 6.07) is 8.03. The molecule has 0 aliphatic heterocycles. The molecule has 4 nitrogen and oxygen atoms in total. The normalized spacial score (nSPS) is 10.5. The molecule has 2 N–H and O–H groups in total. The number of nitrogens with zero attached hydrogens (tertiary/aromatic N) is 2. The van der Waals surface area contributed by atoms with E-state index in [1.165, 1.54) is 0 Å². The van der Waals surface area contributed by atoms with E-state index in [1.54, 1.807) is 13.2 Å². The minimum absolute atomic E-state index is 0.436. The van der Waals surface area contributed by atoms with E-state index in [9.17, 15) is 0 Å². The highest BCUT2D eigenvalue weighted by Crippen LogP contribution is 2.27. The number of nitriles is 1. The van der Waals surface area contributed by atoms with E-state index in [-0.39, 0.29) is 0 Å². The van der Waals surface area contributed by atoms with Crippen molar-refractivity contribution in [1.82, 2.24) is 0 Å². The van der Waals surface area contributed by atoms with E-state index in [1.807, 2.05) is 12.1 Å². The number of nitrogens with two attached hydrogens (primary N) is 1. The molecular weight excluding hydrogens is 238 g/mol. The minimum atomic E-state index is 0.436. The van der Waals surface area contributed by atoms with Crippen LogP contribution in [0.5, 0.6) is 0 Å². The van der Waals surface area contributed by atoms with Gasteiger partial charge < -0.3 is 15.4 Å². The van der Waals surface area contributed by atoms with Crippen LogP contribution < -0.4 is 10.6 Å². The number of methoxy groups -OCH3 is 1. The molecule has 0 saturated heterocycles. The van der Waals surface area contributed by atoms with Crippen molar-refractivity contribution < 1.29 is 4.74 Å². The summed E-state index contributed by atoms with van der Waals surface area (Å²) in [4.78, 5) is 2.28. The number of rotatable bonds is 7. The Morgan fingerprint density at radius 3 is 2.53 bits per heavy atom. The van der Waals surface area contributed by atoms with Crippen LogP contribution in [0, 0.1) is 11.3 Å². The molecule has 0 radical (unpaired) electrons. The minimum Gasteiger partial charge on any atom is -0.397 e. The highest BCUT2D eigenvalue weighted by molar-refractivity contribution is 5.70. The lowest BCUT2D eigenvalue weighted by atomic mass is 10.1. The van der Waals surface area contributed by atoms with Gasteiger partial charge in [0, 0.05) is 19.7 Å². The summed E-state index contributed by atoms with van der Waals surface area (Å²) in [5.41, 5.74) is 8.32. The van der Waals surface area contributed by atoms with E-state index < -0.39 is 0 Å². The third-order valence-electron chi connectivity index (χ3n) is 3.39. The third-order valence-corrected chi connectivity index (χ3v) is 3.39. The van der Waals surface area contributed by atoms with Crippen molar-refractivity contribution in [3.05, 3.63) is 23.8 Å². The summed E-state index contributed by atoms with van der Waals surface area (Å²) in [6.07, 6.45) is 2.11. The lowest BCUT2D eigenvalue weighted by molar-refractivity contribution is 0.202. The van der Waals surface area contributed by atoms with Crippen molar-refractivity contribution in [1.29, 1.82) is 5.26 Å². The molecule has 1 rings (SSSR count). The monoisotopic (exact) mass is 261 g/mol. The number of ether oxygens (including phenoxy) is 1. The van der Waals surface area contributed by atoms with E-state index in [2.05, 4.69) is 24.8 Å². The van der Waals surface area contributed by atoms with Gasteiger partial charge in [0.15, 0.2) is 0 Å². The molecule has 104 valence electrons. The van der Waals surface area contributed by atoms with E-state index in [0.29, 0.717) is 23.9 Å². The first-order valence-electron chi connectivity index (χ1n) is 6.73. The van der Waals surface area contributed by atoms with E-state index >= 15 is 0 Å². The largest absolute Gasteiger partial charge is 0.397 e. The standard InChI is InChI=1S/C15H23N3O/c1-4-13(5-2)18(8-9-19-3)15-7-6-12(11-16)10-14(15)17/h6-7,10,13H,4-5,8-9,17H2,1-3H3. The maximum atomic E-state index is 8.90. The Hall–Kier alpha value is -1.73. The van der Waals surface area contributed by atoms with Crippen molar-refractivity contribution in [3.8, 4) is 6.07 Å². The Morgan fingerprint density at radius 1 is 1.37 bits per heavy atom. The molecule has 0 aliphatic rings. The molecule has 0 amide bonds. The summed E-state index contributed by atoms with van der Waals surface area (Å²) < 4.78 is 5.18. The molecule has 0 atom stereocenters.